The molecule has 0 heterocycles. The third-order valence-corrected chi connectivity index (χ3v) is 2.97. The van der Waals surface area contributed by atoms with E-state index in [4.69, 9.17) is 4.74 Å². The average molecular weight is 256 g/mol. The van der Waals surface area contributed by atoms with E-state index in [2.05, 4.69) is 0 Å². The van der Waals surface area contributed by atoms with Gasteiger partial charge in [-0.15, -0.1) is 0 Å². The second-order valence-electron chi connectivity index (χ2n) is 6.02. The van der Waals surface area contributed by atoms with Crippen LogP contribution in [0.3, 0.4) is 0 Å². The highest BCUT2D eigenvalue weighted by Crippen LogP contribution is 2.41. The van der Waals surface area contributed by atoms with Gasteiger partial charge in [-0.25, -0.2) is 4.79 Å². The predicted octanol–water partition coefficient (Wildman–Crippen LogP) is 2.07. The maximum absolute atomic E-state index is 11.5. The van der Waals surface area contributed by atoms with Crippen molar-refractivity contribution in [1.29, 1.82) is 0 Å². The maximum atomic E-state index is 11.5. The maximum Gasteiger partial charge on any atom is 0.336 e. The van der Waals surface area contributed by atoms with Crippen LogP contribution in [-0.4, -0.2) is 33.4 Å². The number of carbonyl (C=O) groups is 2. The van der Waals surface area contributed by atoms with Crippen molar-refractivity contribution in [3.63, 3.8) is 0 Å². The van der Waals surface area contributed by atoms with Gasteiger partial charge in [0.25, 0.3) is 0 Å². The minimum Gasteiger partial charge on any atom is -0.481 e. The van der Waals surface area contributed by atoms with Crippen molar-refractivity contribution in [2.24, 2.45) is 5.41 Å². The highest BCUT2D eigenvalue weighted by molar-refractivity contribution is 5.83. The summed E-state index contributed by atoms with van der Waals surface area (Å²) in [5.41, 5.74) is -3.33. The summed E-state index contributed by atoms with van der Waals surface area (Å²) in [6.07, 6.45) is 3.24. The van der Waals surface area contributed by atoms with E-state index in [9.17, 15) is 19.8 Å². The van der Waals surface area contributed by atoms with E-state index < -0.39 is 28.6 Å². The molecule has 0 aromatic heterocycles. The van der Waals surface area contributed by atoms with E-state index >= 15 is 0 Å². The van der Waals surface area contributed by atoms with Gasteiger partial charge >= 0.3 is 11.9 Å². The summed E-state index contributed by atoms with van der Waals surface area (Å²) in [7, 11) is 0. The lowest BCUT2D eigenvalue weighted by Gasteiger charge is -2.41. The number of carboxylic acids is 2. The van der Waals surface area contributed by atoms with Crippen LogP contribution in [0.1, 0.15) is 40.5 Å². The highest BCUT2D eigenvalue weighted by Gasteiger charge is 2.51. The van der Waals surface area contributed by atoms with Gasteiger partial charge in [0.1, 0.15) is 0 Å². The molecule has 0 saturated carbocycles. The molecule has 0 fully saturated rings. The summed E-state index contributed by atoms with van der Waals surface area (Å²) in [6.45, 7) is 6.78. The van der Waals surface area contributed by atoms with Gasteiger partial charge in [0, 0.05) is 12.8 Å². The van der Waals surface area contributed by atoms with E-state index in [0.29, 0.717) is 0 Å². The van der Waals surface area contributed by atoms with Gasteiger partial charge in [-0.3, -0.25) is 4.79 Å². The van der Waals surface area contributed by atoms with Crippen molar-refractivity contribution in [2.45, 2.75) is 51.7 Å². The number of aliphatic carboxylic acids is 2. The molecular weight excluding hydrogens is 236 g/mol. The normalized spacial score (nSPS) is 32.2. The van der Waals surface area contributed by atoms with Crippen LogP contribution in [0.25, 0.3) is 0 Å². The van der Waals surface area contributed by atoms with Gasteiger partial charge in [-0.1, -0.05) is 12.2 Å². The number of carboxylic acid groups (broad SMARTS) is 2. The highest BCUT2D eigenvalue weighted by atomic mass is 16.5. The van der Waals surface area contributed by atoms with E-state index in [1.165, 1.54) is 6.92 Å². The molecule has 5 heteroatoms. The molecule has 18 heavy (non-hydrogen) atoms. The molecular formula is C13H20O5. The van der Waals surface area contributed by atoms with Crippen molar-refractivity contribution in [1.82, 2.24) is 0 Å². The minimum atomic E-state index is -1.47. The third kappa shape index (κ3) is 2.90. The molecule has 0 spiro atoms. The average Bonchev–Trinajstić information content (AvgIpc) is 2.14. The van der Waals surface area contributed by atoms with Crippen molar-refractivity contribution in [3.8, 4) is 0 Å². The topological polar surface area (TPSA) is 83.8 Å². The Balaban J connectivity index is 3.13. The predicted molar refractivity (Wildman–Crippen MR) is 65.3 cm³/mol. The van der Waals surface area contributed by atoms with Gasteiger partial charge < -0.3 is 14.9 Å². The largest absolute Gasteiger partial charge is 0.481 e. The summed E-state index contributed by atoms with van der Waals surface area (Å²) >= 11 is 0. The Hall–Kier alpha value is -1.36. The molecule has 0 amide bonds. The Kier molecular flexibility index (Phi) is 3.58. The van der Waals surface area contributed by atoms with Crippen molar-refractivity contribution < 1.29 is 24.5 Å². The fourth-order valence-electron chi connectivity index (χ4n) is 2.25. The van der Waals surface area contributed by atoms with Crippen LogP contribution in [0.2, 0.25) is 0 Å². The first-order chi connectivity index (χ1) is 8.01. The van der Waals surface area contributed by atoms with E-state index in [0.717, 1.165) is 0 Å². The lowest BCUT2D eigenvalue weighted by Crippen LogP contribution is -2.52. The summed E-state index contributed by atoms with van der Waals surface area (Å²) < 4.78 is 5.66. The molecule has 0 radical (unpaired) electrons. The number of hydrogen-bond acceptors (Lipinski definition) is 3. The zero-order valence-electron chi connectivity index (χ0n) is 11.2. The van der Waals surface area contributed by atoms with Crippen LogP contribution in [-0.2, 0) is 14.3 Å². The van der Waals surface area contributed by atoms with Crippen LogP contribution in [0, 0.1) is 5.41 Å². The molecule has 1 aliphatic carbocycles. The first kappa shape index (κ1) is 14.7. The number of rotatable bonds is 3. The summed E-state index contributed by atoms with van der Waals surface area (Å²) in [6, 6.07) is 0. The Bertz CT molecular complexity index is 393. The first-order valence-corrected chi connectivity index (χ1v) is 5.85. The minimum absolute atomic E-state index is 0.0710. The first-order valence-electron chi connectivity index (χ1n) is 5.85. The molecule has 2 atom stereocenters. The zero-order chi connectivity index (χ0) is 14.2. The number of hydrogen-bond donors (Lipinski definition) is 2. The van der Waals surface area contributed by atoms with Gasteiger partial charge in [0.15, 0.2) is 5.60 Å². The summed E-state index contributed by atoms with van der Waals surface area (Å²) in [4.78, 5) is 22.8. The standard InChI is InChI=1S/C13H20O5/c1-11(2,3)18-13(10(16)17)7-5-6-12(4,8-13)9(14)15/h5-6H,7-8H2,1-4H3,(H,14,15)(H,16,17). The van der Waals surface area contributed by atoms with Gasteiger partial charge in [-0.2, -0.15) is 0 Å². The molecule has 1 rings (SSSR count). The molecule has 0 saturated heterocycles. The molecule has 2 N–H and O–H groups in total. The van der Waals surface area contributed by atoms with Crippen LogP contribution >= 0.6 is 0 Å². The fraction of sp³-hybridized carbons (Fsp3) is 0.692. The van der Waals surface area contributed by atoms with Crippen LogP contribution in [0.4, 0.5) is 0 Å². The quantitative estimate of drug-likeness (QED) is 0.755. The molecule has 0 bridgehead atoms. The SMILES string of the molecule is CC(C)(C)OC1(C(=O)O)CC=CC(C)(C(=O)O)C1. The summed E-state index contributed by atoms with van der Waals surface area (Å²) in [5.74, 6) is -2.16. The van der Waals surface area contributed by atoms with E-state index in [1.807, 2.05) is 0 Å². The van der Waals surface area contributed by atoms with Crippen molar-refractivity contribution in [2.75, 3.05) is 0 Å². The Labute approximate surface area is 106 Å². The Morgan fingerprint density at radius 2 is 1.78 bits per heavy atom. The molecule has 5 nitrogen and oxygen atoms in total. The van der Waals surface area contributed by atoms with Crippen molar-refractivity contribution in [3.05, 3.63) is 12.2 Å². The summed E-state index contributed by atoms with van der Waals surface area (Å²) in [5, 5.41) is 18.6. The second-order valence-corrected chi connectivity index (χ2v) is 6.02. The smallest absolute Gasteiger partial charge is 0.336 e. The zero-order valence-corrected chi connectivity index (χ0v) is 11.2. The molecule has 0 aromatic rings. The fourth-order valence-corrected chi connectivity index (χ4v) is 2.25. The monoisotopic (exact) mass is 256 g/mol. The number of ether oxygens (including phenoxy) is 1. The van der Waals surface area contributed by atoms with Gasteiger partial charge in [0.05, 0.1) is 11.0 Å². The van der Waals surface area contributed by atoms with Crippen LogP contribution in [0.5, 0.6) is 0 Å². The van der Waals surface area contributed by atoms with Crippen molar-refractivity contribution >= 4 is 11.9 Å². The third-order valence-electron chi connectivity index (χ3n) is 2.97. The molecule has 2 unspecified atom stereocenters. The molecule has 0 aliphatic heterocycles. The van der Waals surface area contributed by atoms with Crippen LogP contribution < -0.4 is 0 Å². The Morgan fingerprint density at radius 3 is 2.17 bits per heavy atom. The van der Waals surface area contributed by atoms with Gasteiger partial charge in [-0.05, 0) is 27.7 Å². The van der Waals surface area contributed by atoms with E-state index in [1.54, 1.807) is 32.9 Å². The Morgan fingerprint density at radius 1 is 1.22 bits per heavy atom. The lowest BCUT2D eigenvalue weighted by atomic mass is 9.72. The van der Waals surface area contributed by atoms with E-state index in [-0.39, 0.29) is 12.8 Å². The van der Waals surface area contributed by atoms with Gasteiger partial charge in [0.2, 0.25) is 0 Å². The molecule has 102 valence electrons. The molecule has 1 aliphatic rings. The second kappa shape index (κ2) is 4.39. The van der Waals surface area contributed by atoms with Crippen LogP contribution in [0.15, 0.2) is 12.2 Å². The molecule has 0 aromatic carbocycles. The lowest BCUT2D eigenvalue weighted by molar-refractivity contribution is -0.193.